The third-order valence-corrected chi connectivity index (χ3v) is 5.37. The van der Waals surface area contributed by atoms with E-state index in [2.05, 4.69) is 28.7 Å². The Hall–Kier alpha value is -2.18. The summed E-state index contributed by atoms with van der Waals surface area (Å²) in [5, 5.41) is 8.86. The lowest BCUT2D eigenvalue weighted by Crippen LogP contribution is -2.47. The van der Waals surface area contributed by atoms with Crippen LogP contribution in [0.2, 0.25) is 5.02 Å². The number of piperidine rings is 1. The third kappa shape index (κ3) is 3.81. The van der Waals surface area contributed by atoms with E-state index in [1.54, 1.807) is 18.3 Å². The second kappa shape index (κ2) is 7.21. The molecule has 2 heterocycles. The van der Waals surface area contributed by atoms with Crippen molar-refractivity contribution in [3.8, 4) is 0 Å². The van der Waals surface area contributed by atoms with Gasteiger partial charge in [0.25, 0.3) is 0 Å². The Kier molecular flexibility index (Phi) is 5.16. The van der Waals surface area contributed by atoms with Crippen molar-refractivity contribution in [1.29, 1.82) is 5.41 Å². The molecule has 1 aromatic heterocycles. The number of nitrogen functional groups attached to an aromatic ring is 1. The highest BCUT2D eigenvalue weighted by Crippen LogP contribution is 2.29. The van der Waals surface area contributed by atoms with Gasteiger partial charge in [-0.1, -0.05) is 29.8 Å². The van der Waals surface area contributed by atoms with Crippen molar-refractivity contribution in [2.24, 2.45) is 11.7 Å². The monoisotopic (exact) mass is 372 g/mol. The largest absolute Gasteiger partial charge is 0.382 e. The van der Waals surface area contributed by atoms with Crippen LogP contribution in [0.3, 0.4) is 0 Å². The van der Waals surface area contributed by atoms with Crippen molar-refractivity contribution in [3.05, 3.63) is 46.7 Å². The molecule has 7 heteroatoms. The number of nitrogens with one attached hydrogen (secondary N) is 1. The molecule has 138 valence electrons. The van der Waals surface area contributed by atoms with Crippen molar-refractivity contribution in [1.82, 2.24) is 9.97 Å². The van der Waals surface area contributed by atoms with E-state index in [4.69, 9.17) is 28.5 Å². The molecule has 1 aliphatic rings. The van der Waals surface area contributed by atoms with Crippen LogP contribution in [0.5, 0.6) is 0 Å². The van der Waals surface area contributed by atoms with Crippen LogP contribution in [0, 0.1) is 11.3 Å². The lowest BCUT2D eigenvalue weighted by molar-refractivity contribution is 0.265. The first-order valence-electron chi connectivity index (χ1n) is 8.77. The van der Waals surface area contributed by atoms with Crippen molar-refractivity contribution in [3.63, 3.8) is 0 Å². The fourth-order valence-corrected chi connectivity index (χ4v) is 3.61. The van der Waals surface area contributed by atoms with Gasteiger partial charge in [0, 0.05) is 24.2 Å². The summed E-state index contributed by atoms with van der Waals surface area (Å²) in [5.74, 6) is 1.48. The van der Waals surface area contributed by atoms with Crippen molar-refractivity contribution in [2.75, 3.05) is 23.7 Å². The second-order valence-electron chi connectivity index (χ2n) is 7.40. The van der Waals surface area contributed by atoms with Crippen molar-refractivity contribution >= 4 is 28.9 Å². The maximum atomic E-state index is 8.37. The second-order valence-corrected chi connectivity index (χ2v) is 7.81. The first kappa shape index (κ1) is 18.6. The number of hydrogen-bond donors (Lipinski definition) is 3. The van der Waals surface area contributed by atoms with Gasteiger partial charge in [-0.3, -0.25) is 5.41 Å². The molecule has 26 heavy (non-hydrogen) atoms. The first-order chi connectivity index (χ1) is 12.3. The SMILES string of the molecule is CC(C)(N)C1CCN(c2cnc(C(=N)c3ccccc3Cl)c(N)n2)CC1. The van der Waals surface area contributed by atoms with E-state index in [9.17, 15) is 0 Å². The number of rotatable bonds is 4. The van der Waals surface area contributed by atoms with Gasteiger partial charge < -0.3 is 16.4 Å². The Bertz CT molecular complexity index is 806. The molecule has 0 amide bonds. The Balaban J connectivity index is 1.77. The highest BCUT2D eigenvalue weighted by Gasteiger charge is 2.30. The molecular weight excluding hydrogens is 348 g/mol. The van der Waals surface area contributed by atoms with Crippen LogP contribution >= 0.6 is 11.6 Å². The topological polar surface area (TPSA) is 105 Å². The smallest absolute Gasteiger partial charge is 0.154 e. The quantitative estimate of drug-likeness (QED) is 0.715. The zero-order chi connectivity index (χ0) is 18.9. The maximum absolute atomic E-state index is 8.37. The van der Waals surface area contributed by atoms with E-state index < -0.39 is 0 Å². The molecule has 3 rings (SSSR count). The average molecular weight is 373 g/mol. The highest BCUT2D eigenvalue weighted by molar-refractivity contribution is 6.35. The van der Waals surface area contributed by atoms with E-state index in [1.807, 2.05) is 12.1 Å². The number of hydrogen-bond acceptors (Lipinski definition) is 6. The molecular formula is C19H25ClN6. The maximum Gasteiger partial charge on any atom is 0.154 e. The van der Waals surface area contributed by atoms with Crippen LogP contribution < -0.4 is 16.4 Å². The number of aromatic nitrogens is 2. The number of nitrogens with two attached hydrogens (primary N) is 2. The standard InChI is InChI=1S/C19H25ClN6/c1-19(2,23)12-7-9-26(10-8-12)15-11-24-17(18(22)25-15)16(21)13-5-3-4-6-14(13)20/h3-6,11-12,21H,7-10,23H2,1-2H3,(H2,22,25). The lowest BCUT2D eigenvalue weighted by Gasteiger charge is -2.39. The van der Waals surface area contributed by atoms with Crippen LogP contribution in [-0.2, 0) is 0 Å². The van der Waals surface area contributed by atoms with E-state index in [-0.39, 0.29) is 17.1 Å². The van der Waals surface area contributed by atoms with Gasteiger partial charge in [0.15, 0.2) is 5.82 Å². The van der Waals surface area contributed by atoms with Gasteiger partial charge in [-0.25, -0.2) is 9.97 Å². The fourth-order valence-electron chi connectivity index (χ4n) is 3.38. The normalized spacial score (nSPS) is 15.9. The summed E-state index contributed by atoms with van der Waals surface area (Å²) in [6.07, 6.45) is 3.72. The summed E-state index contributed by atoms with van der Waals surface area (Å²) in [6.45, 7) is 5.92. The van der Waals surface area contributed by atoms with Gasteiger partial charge in [0.2, 0.25) is 0 Å². The molecule has 1 aromatic carbocycles. The zero-order valence-electron chi connectivity index (χ0n) is 15.2. The predicted molar refractivity (Wildman–Crippen MR) is 107 cm³/mol. The molecule has 6 nitrogen and oxygen atoms in total. The van der Waals surface area contributed by atoms with Crippen LogP contribution in [-0.4, -0.2) is 34.3 Å². The molecule has 1 aliphatic heterocycles. The predicted octanol–water partition coefficient (Wildman–Crippen LogP) is 3.08. The molecule has 0 saturated carbocycles. The molecule has 0 spiro atoms. The summed E-state index contributed by atoms with van der Waals surface area (Å²) in [7, 11) is 0. The van der Waals surface area contributed by atoms with Gasteiger partial charge in [-0.05, 0) is 38.7 Å². The molecule has 0 bridgehead atoms. The Labute approximate surface area is 159 Å². The molecule has 0 radical (unpaired) electrons. The third-order valence-electron chi connectivity index (χ3n) is 5.04. The summed E-state index contributed by atoms with van der Waals surface area (Å²) in [6, 6.07) is 7.17. The fraction of sp³-hybridized carbons (Fsp3) is 0.421. The molecule has 0 unspecified atom stereocenters. The van der Waals surface area contributed by atoms with Gasteiger partial charge in [0.1, 0.15) is 11.5 Å². The first-order valence-corrected chi connectivity index (χ1v) is 9.15. The summed E-state index contributed by atoms with van der Waals surface area (Å²) in [4.78, 5) is 11.1. The Morgan fingerprint density at radius 2 is 1.92 bits per heavy atom. The Morgan fingerprint density at radius 1 is 1.27 bits per heavy atom. The zero-order valence-corrected chi connectivity index (χ0v) is 15.9. The number of anilines is 2. The van der Waals surface area contributed by atoms with Gasteiger partial charge in [-0.2, -0.15) is 0 Å². The van der Waals surface area contributed by atoms with Crippen LogP contribution in [0.15, 0.2) is 30.5 Å². The van der Waals surface area contributed by atoms with Gasteiger partial charge in [-0.15, -0.1) is 0 Å². The van der Waals surface area contributed by atoms with Crippen molar-refractivity contribution < 1.29 is 0 Å². The minimum absolute atomic E-state index is 0.162. The Morgan fingerprint density at radius 3 is 2.50 bits per heavy atom. The van der Waals surface area contributed by atoms with Crippen LogP contribution in [0.4, 0.5) is 11.6 Å². The molecule has 1 saturated heterocycles. The van der Waals surface area contributed by atoms with E-state index in [0.717, 1.165) is 31.7 Å². The van der Waals surface area contributed by atoms with Crippen molar-refractivity contribution in [2.45, 2.75) is 32.2 Å². The van der Waals surface area contributed by atoms with E-state index >= 15 is 0 Å². The van der Waals surface area contributed by atoms with Gasteiger partial charge >= 0.3 is 0 Å². The van der Waals surface area contributed by atoms with E-state index in [0.29, 0.717) is 22.2 Å². The minimum Gasteiger partial charge on any atom is -0.382 e. The van der Waals surface area contributed by atoms with E-state index in [1.165, 1.54) is 0 Å². The lowest BCUT2D eigenvalue weighted by atomic mass is 9.81. The number of nitrogens with zero attached hydrogens (tertiary/aromatic N) is 3. The van der Waals surface area contributed by atoms with Crippen LogP contribution in [0.25, 0.3) is 0 Å². The number of halogens is 1. The average Bonchev–Trinajstić information content (AvgIpc) is 2.61. The highest BCUT2D eigenvalue weighted by atomic mass is 35.5. The molecule has 1 fully saturated rings. The summed E-state index contributed by atoms with van der Waals surface area (Å²) in [5.41, 5.74) is 13.3. The molecule has 0 atom stereocenters. The molecule has 2 aromatic rings. The number of benzene rings is 1. The summed E-state index contributed by atoms with van der Waals surface area (Å²) < 4.78 is 0. The molecule has 0 aliphatic carbocycles. The van der Waals surface area contributed by atoms with Gasteiger partial charge in [0.05, 0.1) is 16.9 Å². The molecule has 5 N–H and O–H groups in total. The van der Waals surface area contributed by atoms with Crippen LogP contribution in [0.1, 0.15) is 37.9 Å². The summed E-state index contributed by atoms with van der Waals surface area (Å²) >= 11 is 6.18. The minimum atomic E-state index is -0.162.